The van der Waals surface area contributed by atoms with Crippen LogP contribution in [0.3, 0.4) is 0 Å². The Bertz CT molecular complexity index is 1550. The summed E-state index contributed by atoms with van der Waals surface area (Å²) in [6.45, 7) is 5.52. The number of ether oxygens (including phenoxy) is 6. The number of aliphatic hydroxyl groups is 1. The third-order valence-electron chi connectivity index (χ3n) is 7.00. The van der Waals surface area contributed by atoms with Crippen molar-refractivity contribution >= 4 is 32.6 Å². The predicted molar refractivity (Wildman–Crippen MR) is 158 cm³/mol. The van der Waals surface area contributed by atoms with E-state index in [4.69, 9.17) is 28.1 Å². The fourth-order valence-corrected chi connectivity index (χ4v) is 5.51. The number of hydrogen-bond donors (Lipinski definition) is 3. The van der Waals surface area contributed by atoms with E-state index in [0.717, 1.165) is 24.6 Å². The molecular formula is C27H36F6N4O13Si. The zero-order chi connectivity index (χ0) is 38.5. The molecule has 0 aromatic carbocycles. The fourth-order valence-electron chi connectivity index (χ4n) is 4.85. The Balaban J connectivity index is 1.97. The summed E-state index contributed by atoms with van der Waals surface area (Å²) in [6.07, 6.45) is -20.5. The second kappa shape index (κ2) is 16.7. The first kappa shape index (κ1) is 41.6. The largest absolute Gasteiger partial charge is 0.573 e. The molecule has 3 rings (SSSR count). The molecule has 3 N–H and O–H groups in total. The molecule has 3 heterocycles. The van der Waals surface area contributed by atoms with Crippen molar-refractivity contribution in [1.82, 2.24) is 14.9 Å². The predicted octanol–water partition coefficient (Wildman–Crippen LogP) is 0.753. The second-order valence-electron chi connectivity index (χ2n) is 12.2. The zero-order valence-electron chi connectivity index (χ0n) is 27.6. The van der Waals surface area contributed by atoms with E-state index >= 15 is 0 Å². The van der Waals surface area contributed by atoms with Crippen LogP contribution in [-0.4, -0.2) is 116 Å². The van der Waals surface area contributed by atoms with E-state index in [1.807, 2.05) is 24.6 Å². The summed E-state index contributed by atoms with van der Waals surface area (Å²) in [5, 5.41) is 12.0. The van der Waals surface area contributed by atoms with Gasteiger partial charge in [0.25, 0.3) is 5.56 Å². The number of rotatable bonds is 13. The average Bonchev–Trinajstić information content (AvgIpc) is 3.34. The van der Waals surface area contributed by atoms with Gasteiger partial charge in [0.2, 0.25) is 0 Å². The molecular weight excluding hydrogens is 730 g/mol. The van der Waals surface area contributed by atoms with Gasteiger partial charge in [-0.2, -0.15) is 13.2 Å². The van der Waals surface area contributed by atoms with Crippen LogP contribution in [-0.2, 0) is 53.8 Å². The van der Waals surface area contributed by atoms with E-state index in [1.54, 1.807) is 0 Å². The van der Waals surface area contributed by atoms with Crippen molar-refractivity contribution in [2.45, 2.75) is 108 Å². The maximum Gasteiger partial charge on any atom is 0.573 e. The maximum absolute atomic E-state index is 12.9. The van der Waals surface area contributed by atoms with Crippen LogP contribution in [0.15, 0.2) is 20.8 Å². The molecule has 1 amide bonds. The lowest BCUT2D eigenvalue weighted by atomic mass is 9.96. The van der Waals surface area contributed by atoms with E-state index in [1.165, 1.54) is 5.32 Å². The zero-order valence-corrected chi connectivity index (χ0v) is 28.6. The van der Waals surface area contributed by atoms with E-state index < -0.39 is 112 Å². The highest BCUT2D eigenvalue weighted by molar-refractivity contribution is 6.69. The summed E-state index contributed by atoms with van der Waals surface area (Å²) in [5.74, 6) is -4.68. The number of carbonyl (C=O) groups excluding carboxylic acids is 3. The van der Waals surface area contributed by atoms with Crippen molar-refractivity contribution in [3.8, 4) is 0 Å². The second-order valence-corrected chi connectivity index (χ2v) is 16.7. The van der Waals surface area contributed by atoms with Gasteiger partial charge in [0.1, 0.15) is 24.5 Å². The molecule has 0 unspecified atom stereocenters. The number of esters is 2. The lowest BCUT2D eigenvalue weighted by Crippen LogP contribution is -2.62. The van der Waals surface area contributed by atoms with Gasteiger partial charge in [-0.05, 0) is 19.6 Å². The minimum atomic E-state index is -5.37. The quantitative estimate of drug-likeness (QED) is 0.0832. The number of nitrogens with one attached hydrogen (secondary N) is 2. The number of amides is 1. The van der Waals surface area contributed by atoms with Gasteiger partial charge in [-0.3, -0.25) is 28.7 Å². The van der Waals surface area contributed by atoms with Gasteiger partial charge in [0, 0.05) is 33.0 Å². The van der Waals surface area contributed by atoms with Gasteiger partial charge in [0.05, 0.1) is 24.9 Å². The molecule has 8 atom stereocenters. The average molecular weight is 767 g/mol. The normalized spacial score (nSPS) is 27.3. The first-order valence-corrected chi connectivity index (χ1v) is 18.4. The third-order valence-corrected chi connectivity index (χ3v) is 8.03. The van der Waals surface area contributed by atoms with Crippen LogP contribution < -0.4 is 16.6 Å². The van der Waals surface area contributed by atoms with Crippen molar-refractivity contribution in [3.63, 3.8) is 0 Å². The Morgan fingerprint density at radius 2 is 1.69 bits per heavy atom. The summed E-state index contributed by atoms with van der Waals surface area (Å²) >= 11 is 0. The molecule has 0 aliphatic carbocycles. The molecule has 17 nitrogen and oxygen atoms in total. The molecule has 2 fully saturated rings. The first-order chi connectivity index (χ1) is 23.4. The molecule has 0 bridgehead atoms. The van der Waals surface area contributed by atoms with Crippen LogP contribution in [0.2, 0.25) is 19.6 Å². The van der Waals surface area contributed by atoms with Crippen molar-refractivity contribution in [3.05, 3.63) is 32.6 Å². The van der Waals surface area contributed by atoms with Crippen molar-refractivity contribution in [2.24, 2.45) is 4.99 Å². The number of aliphatic imine (C=N–C) groups is 1. The van der Waals surface area contributed by atoms with Gasteiger partial charge in [-0.1, -0.05) is 0 Å². The Hall–Kier alpha value is -3.84. The highest BCUT2D eigenvalue weighted by Gasteiger charge is 2.51. The number of nitrogens with zero attached hydrogens (tertiary/aromatic N) is 2. The van der Waals surface area contributed by atoms with Crippen LogP contribution >= 0.6 is 0 Å². The number of aromatic nitrogens is 2. The summed E-state index contributed by atoms with van der Waals surface area (Å²) in [5.41, 5.74) is -2.30. The summed E-state index contributed by atoms with van der Waals surface area (Å²) < 4.78 is 115. The van der Waals surface area contributed by atoms with Crippen LogP contribution in [0.25, 0.3) is 0 Å². The molecule has 288 valence electrons. The fraction of sp³-hybridized carbons (Fsp3) is 0.704. The standard InChI is InChI=1S/C27H36F6N4O13Si/c1-12(38)47-20-16(7-34-24(42)26(28,29)30)50-23(19(21(20)48-13(2)39)35-11-45-27(31,32)33)44-9-14-8-37(25(43)36-22(14)41)18-6-15(40)17(49-18)10-46-51(3,4)5/h8,11,15-21,23,40H,6-7,9-10H2,1-5H3,(H,34,42)(H,36,41,43)/b35-11-/t15-,16-,17-,18-,19-,20-,21-,23-/m1/s1. The van der Waals surface area contributed by atoms with Crippen LogP contribution in [0.4, 0.5) is 26.3 Å². The summed E-state index contributed by atoms with van der Waals surface area (Å²) in [6, 6.07) is -1.92. The molecule has 51 heavy (non-hydrogen) atoms. The van der Waals surface area contributed by atoms with Gasteiger partial charge < -0.3 is 43.3 Å². The van der Waals surface area contributed by atoms with E-state index in [2.05, 4.69) is 9.73 Å². The Labute approximate surface area is 285 Å². The number of hydrogen-bond acceptors (Lipinski definition) is 14. The smallest absolute Gasteiger partial charge is 0.456 e. The van der Waals surface area contributed by atoms with Gasteiger partial charge in [0.15, 0.2) is 33.2 Å². The van der Waals surface area contributed by atoms with Gasteiger partial charge >= 0.3 is 36.1 Å². The summed E-state index contributed by atoms with van der Waals surface area (Å²) in [7, 11) is -2.02. The molecule has 0 radical (unpaired) electrons. The van der Waals surface area contributed by atoms with E-state index in [9.17, 15) is 55.4 Å². The minimum Gasteiger partial charge on any atom is -0.456 e. The number of carbonyl (C=O) groups is 3. The maximum atomic E-state index is 12.9. The molecule has 0 saturated carbocycles. The Morgan fingerprint density at radius 1 is 1.06 bits per heavy atom. The highest BCUT2D eigenvalue weighted by atomic mass is 28.4. The molecule has 2 aliphatic rings. The molecule has 0 spiro atoms. The van der Waals surface area contributed by atoms with Crippen molar-refractivity contribution in [2.75, 3.05) is 13.2 Å². The minimum absolute atomic E-state index is 0.0167. The van der Waals surface area contributed by atoms with Crippen LogP contribution in [0.1, 0.15) is 32.1 Å². The number of halogens is 6. The SMILES string of the molecule is CC(=O)O[C@@H]1[C@@H](/N=C\OC(F)(F)F)[C@H](OCc2cn([C@H]3C[C@@H](O)[C@@H](CO[Si](C)(C)C)O3)c(=O)[nH]c2=O)O[C@H](CNC(=O)C(F)(F)F)[C@H]1OC(C)=O. The Morgan fingerprint density at radius 3 is 2.25 bits per heavy atom. The lowest BCUT2D eigenvalue weighted by Gasteiger charge is -2.43. The Kier molecular flexibility index (Phi) is 13.6. The molecule has 1 aromatic heterocycles. The molecule has 1 aromatic rings. The van der Waals surface area contributed by atoms with E-state index in [-0.39, 0.29) is 25.0 Å². The first-order valence-electron chi connectivity index (χ1n) is 15.0. The number of aromatic amines is 1. The lowest BCUT2D eigenvalue weighted by molar-refractivity contribution is -0.282. The molecule has 2 aliphatic heterocycles. The molecule has 24 heteroatoms. The van der Waals surface area contributed by atoms with Gasteiger partial charge in [-0.25, -0.2) is 9.79 Å². The number of alkyl halides is 6. The number of H-pyrrole nitrogens is 1. The van der Waals surface area contributed by atoms with Crippen LogP contribution in [0.5, 0.6) is 0 Å². The highest BCUT2D eigenvalue weighted by Crippen LogP contribution is 2.31. The monoisotopic (exact) mass is 766 g/mol. The van der Waals surface area contributed by atoms with Crippen LogP contribution in [0, 0.1) is 0 Å². The molecule has 2 saturated heterocycles. The van der Waals surface area contributed by atoms with E-state index in [0.29, 0.717) is 0 Å². The third kappa shape index (κ3) is 12.4. The summed E-state index contributed by atoms with van der Waals surface area (Å²) in [4.78, 5) is 66.6. The van der Waals surface area contributed by atoms with Gasteiger partial charge in [-0.15, -0.1) is 13.2 Å². The number of aliphatic hydroxyl groups excluding tert-OH is 1. The van der Waals surface area contributed by atoms with Crippen molar-refractivity contribution < 1.29 is 78.7 Å². The van der Waals surface area contributed by atoms with Crippen molar-refractivity contribution in [1.29, 1.82) is 0 Å². The topological polar surface area (TPSA) is 215 Å².